The molecule has 0 aromatic carbocycles. The van der Waals surface area contributed by atoms with Gasteiger partial charge < -0.3 is 15.0 Å². The molecule has 1 N–H and O–H groups in total. The minimum absolute atomic E-state index is 0.0273. The molecule has 1 rings (SSSR count). The molecular formula is C10H18N2O3. The minimum Gasteiger partial charge on any atom is -0.380 e. The van der Waals surface area contributed by atoms with Crippen molar-refractivity contribution < 1.29 is 14.3 Å². The van der Waals surface area contributed by atoms with Gasteiger partial charge in [-0.2, -0.15) is 0 Å². The third-order valence-corrected chi connectivity index (χ3v) is 2.38. The molecule has 0 radical (unpaired) electrons. The van der Waals surface area contributed by atoms with Crippen molar-refractivity contribution in [2.45, 2.75) is 26.3 Å². The lowest BCUT2D eigenvalue weighted by atomic mass is 10.3. The summed E-state index contributed by atoms with van der Waals surface area (Å²) in [6, 6.07) is -0.415. The van der Waals surface area contributed by atoms with Crippen LogP contribution < -0.4 is 5.32 Å². The lowest BCUT2D eigenvalue weighted by Crippen LogP contribution is -2.43. The highest BCUT2D eigenvalue weighted by molar-refractivity contribution is 5.89. The van der Waals surface area contributed by atoms with Gasteiger partial charge >= 0.3 is 0 Å². The number of ether oxygens (including phenoxy) is 1. The largest absolute Gasteiger partial charge is 0.380 e. The summed E-state index contributed by atoms with van der Waals surface area (Å²) >= 11 is 0. The van der Waals surface area contributed by atoms with Gasteiger partial charge in [-0.05, 0) is 13.8 Å². The molecule has 1 unspecified atom stereocenters. The van der Waals surface area contributed by atoms with Crippen molar-refractivity contribution in [3.63, 3.8) is 0 Å². The molecule has 1 saturated heterocycles. The van der Waals surface area contributed by atoms with E-state index in [4.69, 9.17) is 4.74 Å². The normalized spacial score (nSPS) is 22.5. The molecule has 5 nitrogen and oxygen atoms in total. The molecule has 1 atom stereocenters. The van der Waals surface area contributed by atoms with Crippen LogP contribution in [0.1, 0.15) is 20.3 Å². The monoisotopic (exact) mass is 214 g/mol. The zero-order chi connectivity index (χ0) is 11.3. The van der Waals surface area contributed by atoms with E-state index in [0.29, 0.717) is 32.7 Å². The van der Waals surface area contributed by atoms with Crippen LogP contribution in [-0.4, -0.2) is 49.1 Å². The van der Waals surface area contributed by atoms with E-state index in [9.17, 15) is 9.59 Å². The van der Waals surface area contributed by atoms with E-state index in [1.807, 2.05) is 6.92 Å². The highest BCUT2D eigenvalue weighted by Crippen LogP contribution is 2.02. The zero-order valence-corrected chi connectivity index (χ0v) is 9.28. The van der Waals surface area contributed by atoms with Gasteiger partial charge in [0.1, 0.15) is 6.04 Å². The van der Waals surface area contributed by atoms with Gasteiger partial charge in [-0.3, -0.25) is 9.59 Å². The Morgan fingerprint density at radius 2 is 2.27 bits per heavy atom. The number of carbonyl (C=O) groups excluding carboxylic acids is 2. The van der Waals surface area contributed by atoms with E-state index in [2.05, 4.69) is 5.32 Å². The second kappa shape index (κ2) is 5.70. The Kier molecular flexibility index (Phi) is 4.55. The van der Waals surface area contributed by atoms with Crippen molar-refractivity contribution in [1.29, 1.82) is 0 Å². The Labute approximate surface area is 89.8 Å². The Morgan fingerprint density at radius 1 is 1.53 bits per heavy atom. The minimum atomic E-state index is -0.415. The number of carbonyl (C=O) groups is 2. The summed E-state index contributed by atoms with van der Waals surface area (Å²) in [7, 11) is 0. The second-order valence-electron chi connectivity index (χ2n) is 3.56. The first-order valence-electron chi connectivity index (χ1n) is 5.31. The molecule has 0 aromatic rings. The fourth-order valence-electron chi connectivity index (χ4n) is 1.54. The van der Waals surface area contributed by atoms with Crippen molar-refractivity contribution in [2.75, 3.05) is 26.3 Å². The van der Waals surface area contributed by atoms with Gasteiger partial charge in [0.25, 0.3) is 0 Å². The number of hydrogen-bond acceptors (Lipinski definition) is 3. The fraction of sp³-hybridized carbons (Fsp3) is 0.800. The van der Waals surface area contributed by atoms with E-state index < -0.39 is 6.04 Å². The Balaban J connectivity index is 2.47. The summed E-state index contributed by atoms with van der Waals surface area (Å²) in [6.45, 7) is 5.85. The number of amides is 2. The summed E-state index contributed by atoms with van der Waals surface area (Å²) in [6.07, 6.45) is 0.377. The van der Waals surface area contributed by atoms with Gasteiger partial charge in [-0.15, -0.1) is 0 Å². The van der Waals surface area contributed by atoms with Gasteiger partial charge in [0, 0.05) is 26.1 Å². The molecule has 1 fully saturated rings. The maximum absolute atomic E-state index is 11.7. The summed E-state index contributed by atoms with van der Waals surface area (Å²) in [5.74, 6) is -0.0877. The van der Waals surface area contributed by atoms with Crippen LogP contribution in [0, 0.1) is 0 Å². The topological polar surface area (TPSA) is 58.6 Å². The Hall–Kier alpha value is -1.10. The van der Waals surface area contributed by atoms with Gasteiger partial charge in [0.05, 0.1) is 6.61 Å². The predicted molar refractivity (Wildman–Crippen MR) is 55.3 cm³/mol. The predicted octanol–water partition coefficient (Wildman–Crippen LogP) is -0.240. The molecule has 5 heteroatoms. The van der Waals surface area contributed by atoms with Crippen LogP contribution in [-0.2, 0) is 14.3 Å². The SMILES string of the molecule is CCOCCN1CCC(=O)NC(C)C1=O. The molecule has 0 saturated carbocycles. The standard InChI is InChI=1S/C10H18N2O3/c1-3-15-7-6-12-5-4-9(13)11-8(2)10(12)14/h8H,3-7H2,1-2H3,(H,11,13). The Morgan fingerprint density at radius 3 is 2.93 bits per heavy atom. The first kappa shape index (κ1) is 12.0. The van der Waals surface area contributed by atoms with E-state index >= 15 is 0 Å². The molecular weight excluding hydrogens is 196 g/mol. The van der Waals surface area contributed by atoms with Crippen LogP contribution in [0.25, 0.3) is 0 Å². The van der Waals surface area contributed by atoms with Crippen LogP contribution in [0.4, 0.5) is 0 Å². The van der Waals surface area contributed by atoms with E-state index in [-0.39, 0.29) is 11.8 Å². The quantitative estimate of drug-likeness (QED) is 0.657. The summed E-state index contributed by atoms with van der Waals surface area (Å²) in [5.41, 5.74) is 0. The van der Waals surface area contributed by atoms with Gasteiger partial charge in [0.15, 0.2) is 0 Å². The molecule has 0 bridgehead atoms. The first-order valence-corrected chi connectivity index (χ1v) is 5.31. The zero-order valence-electron chi connectivity index (χ0n) is 9.28. The maximum Gasteiger partial charge on any atom is 0.244 e. The highest BCUT2D eigenvalue weighted by atomic mass is 16.5. The second-order valence-corrected chi connectivity index (χ2v) is 3.56. The molecule has 86 valence electrons. The van der Waals surface area contributed by atoms with Crippen molar-refractivity contribution in [2.24, 2.45) is 0 Å². The van der Waals surface area contributed by atoms with E-state index in [1.165, 1.54) is 0 Å². The van der Waals surface area contributed by atoms with Crippen LogP contribution in [0.15, 0.2) is 0 Å². The third-order valence-electron chi connectivity index (χ3n) is 2.38. The average Bonchev–Trinajstić information content (AvgIpc) is 2.31. The molecule has 15 heavy (non-hydrogen) atoms. The Bertz CT molecular complexity index is 243. The molecule has 0 aliphatic carbocycles. The molecule has 2 amide bonds. The molecule has 1 heterocycles. The molecule has 0 aromatic heterocycles. The fourth-order valence-corrected chi connectivity index (χ4v) is 1.54. The van der Waals surface area contributed by atoms with Crippen LogP contribution in [0.5, 0.6) is 0 Å². The van der Waals surface area contributed by atoms with Crippen molar-refractivity contribution in [3.05, 3.63) is 0 Å². The van der Waals surface area contributed by atoms with Crippen LogP contribution >= 0.6 is 0 Å². The van der Waals surface area contributed by atoms with E-state index in [1.54, 1.807) is 11.8 Å². The van der Waals surface area contributed by atoms with Gasteiger partial charge in [-0.1, -0.05) is 0 Å². The molecule has 0 spiro atoms. The van der Waals surface area contributed by atoms with E-state index in [0.717, 1.165) is 0 Å². The van der Waals surface area contributed by atoms with Gasteiger partial charge in [-0.25, -0.2) is 0 Å². The first-order chi connectivity index (χ1) is 7.15. The highest BCUT2D eigenvalue weighted by Gasteiger charge is 2.25. The number of hydrogen-bond donors (Lipinski definition) is 1. The van der Waals surface area contributed by atoms with Crippen LogP contribution in [0.2, 0.25) is 0 Å². The van der Waals surface area contributed by atoms with Gasteiger partial charge in [0.2, 0.25) is 11.8 Å². The third kappa shape index (κ3) is 3.51. The van der Waals surface area contributed by atoms with Crippen molar-refractivity contribution in [3.8, 4) is 0 Å². The average molecular weight is 214 g/mol. The lowest BCUT2D eigenvalue weighted by Gasteiger charge is -2.21. The molecule has 1 aliphatic rings. The number of rotatable bonds is 4. The van der Waals surface area contributed by atoms with Crippen molar-refractivity contribution in [1.82, 2.24) is 10.2 Å². The summed E-state index contributed by atoms with van der Waals surface area (Å²) < 4.78 is 5.19. The van der Waals surface area contributed by atoms with Crippen molar-refractivity contribution >= 4 is 11.8 Å². The number of nitrogens with zero attached hydrogens (tertiary/aromatic N) is 1. The lowest BCUT2D eigenvalue weighted by molar-refractivity contribution is -0.133. The van der Waals surface area contributed by atoms with Crippen LogP contribution in [0.3, 0.4) is 0 Å². The maximum atomic E-state index is 11.7. The summed E-state index contributed by atoms with van der Waals surface area (Å²) in [4.78, 5) is 24.6. The number of nitrogens with one attached hydrogen (secondary N) is 1. The smallest absolute Gasteiger partial charge is 0.244 e. The molecule has 1 aliphatic heterocycles. The summed E-state index contributed by atoms with van der Waals surface area (Å²) in [5, 5.41) is 2.64.